The summed E-state index contributed by atoms with van der Waals surface area (Å²) in [6.07, 6.45) is 0. The third kappa shape index (κ3) is 11.6. The summed E-state index contributed by atoms with van der Waals surface area (Å²) in [5, 5.41) is 13.4. The van der Waals surface area contributed by atoms with Gasteiger partial charge in [0.25, 0.3) is 0 Å². The predicted molar refractivity (Wildman–Crippen MR) is 449 cm³/mol. The summed E-state index contributed by atoms with van der Waals surface area (Å²) in [4.78, 5) is 39.8. The summed E-state index contributed by atoms with van der Waals surface area (Å²) in [5.74, 6) is 3.78. The van der Waals surface area contributed by atoms with Crippen LogP contribution in [-0.4, -0.2) is 39.9 Å². The Bertz CT molecular complexity index is 7300. The van der Waals surface area contributed by atoms with Crippen LogP contribution in [0.15, 0.2) is 373 Å². The maximum Gasteiger partial charge on any atom is 0.164 e. The predicted octanol–water partition coefficient (Wildman–Crippen LogP) is 25.9. The third-order valence-corrected chi connectivity index (χ3v) is 20.9. The van der Waals surface area contributed by atoms with E-state index in [-0.39, 0.29) is 0 Å². The van der Waals surface area contributed by atoms with Crippen LogP contribution in [0.5, 0.6) is 0 Å². The number of aromatic nitrogens is 8. The second kappa shape index (κ2) is 26.5. The van der Waals surface area contributed by atoms with Crippen LogP contribution in [0, 0.1) is 0 Å². The van der Waals surface area contributed by atoms with E-state index < -0.39 is 0 Å². The van der Waals surface area contributed by atoms with E-state index in [2.05, 4.69) is 218 Å². The van der Waals surface area contributed by atoms with Crippen molar-refractivity contribution in [2.24, 2.45) is 0 Å². The molecule has 22 aromatic rings. The van der Waals surface area contributed by atoms with E-state index in [1.165, 1.54) is 21.9 Å². The molecule has 0 aliphatic carbocycles. The average molecular weight is 1410 g/mol. The Kier molecular flexibility index (Phi) is 15.3. The van der Waals surface area contributed by atoms with E-state index in [0.29, 0.717) is 34.9 Å². The lowest BCUT2D eigenvalue weighted by Gasteiger charge is -2.13. The molecule has 0 atom stereocenters. The molecule has 0 unspecified atom stereocenters. The molecule has 0 fully saturated rings. The fourth-order valence-electron chi connectivity index (χ4n) is 15.5. The summed E-state index contributed by atoms with van der Waals surface area (Å²) in [6, 6.07) is 126. The van der Waals surface area contributed by atoms with E-state index in [1.807, 2.05) is 146 Å². The molecular weight excluding hydrogens is 1350 g/mol. The van der Waals surface area contributed by atoms with Gasteiger partial charge in [-0.1, -0.05) is 261 Å². The van der Waals surface area contributed by atoms with Crippen LogP contribution in [0.3, 0.4) is 0 Å². The van der Waals surface area contributed by atoms with Crippen molar-refractivity contribution in [1.82, 2.24) is 39.9 Å². The van der Waals surface area contributed by atoms with Gasteiger partial charge in [0, 0.05) is 87.2 Å². The van der Waals surface area contributed by atoms with Crippen molar-refractivity contribution < 1.29 is 8.83 Å². The number of fused-ring (bicyclic) bond motifs is 14. The Labute approximate surface area is 630 Å². The summed E-state index contributed by atoms with van der Waals surface area (Å²) in [7, 11) is 0. The summed E-state index contributed by atoms with van der Waals surface area (Å²) in [6.45, 7) is 0. The van der Waals surface area contributed by atoms with Gasteiger partial charge in [-0.25, -0.2) is 39.9 Å². The van der Waals surface area contributed by atoms with Crippen LogP contribution >= 0.6 is 0 Å². The first-order valence-corrected chi connectivity index (χ1v) is 36.8. The quantitative estimate of drug-likeness (QED) is 0.0964. The number of hydrogen-bond acceptors (Lipinski definition) is 10. The zero-order valence-corrected chi connectivity index (χ0v) is 59.0. The van der Waals surface area contributed by atoms with Crippen LogP contribution in [0.25, 0.3) is 222 Å². The van der Waals surface area contributed by atoms with Gasteiger partial charge in [-0.2, -0.15) is 0 Å². The molecule has 16 aromatic carbocycles. The summed E-state index contributed by atoms with van der Waals surface area (Å²) < 4.78 is 12.8. The zero-order chi connectivity index (χ0) is 72.6. The molecule has 0 N–H and O–H groups in total. The number of rotatable bonds is 10. The van der Waals surface area contributed by atoms with Crippen LogP contribution in [0.2, 0.25) is 0 Å². The highest BCUT2D eigenvalue weighted by atomic mass is 16.3. The Hall–Kier alpha value is -15.0. The van der Waals surface area contributed by atoms with Gasteiger partial charge in [0.05, 0.1) is 22.1 Å². The second-order valence-electron chi connectivity index (χ2n) is 27.7. The van der Waals surface area contributed by atoms with E-state index in [1.54, 1.807) is 0 Å². The highest BCUT2D eigenvalue weighted by Crippen LogP contribution is 2.43. The molecule has 0 saturated carbocycles. The maximum atomic E-state index is 6.41. The Morgan fingerprint density at radius 3 is 0.845 bits per heavy atom. The normalized spacial score (nSPS) is 11.6. The number of nitrogens with zero attached hydrogens (tertiary/aromatic N) is 8. The fourth-order valence-corrected chi connectivity index (χ4v) is 15.5. The smallest absolute Gasteiger partial charge is 0.164 e. The average Bonchev–Trinajstić information content (AvgIpc) is 1.28. The van der Waals surface area contributed by atoms with Gasteiger partial charge in [0.1, 0.15) is 22.3 Å². The number of pyridine rings is 2. The number of hydrogen-bond donors (Lipinski definition) is 0. The monoisotopic (exact) mass is 1400 g/mol. The Morgan fingerprint density at radius 2 is 0.427 bits per heavy atom. The van der Waals surface area contributed by atoms with Crippen molar-refractivity contribution in [3.63, 3.8) is 0 Å². The minimum atomic E-state index is 0.610. The minimum absolute atomic E-state index is 0.610. The lowest BCUT2D eigenvalue weighted by atomic mass is 9.92. The molecule has 6 heterocycles. The molecule has 0 bridgehead atoms. The van der Waals surface area contributed by atoms with Crippen molar-refractivity contribution in [1.29, 1.82) is 0 Å². The fraction of sp³-hybridized carbons (Fsp3) is 0. The standard InChI is InChI=1S/2C50H30N4O/c1-3-12-31(13-4-1)48-52-49(32-14-5-2-6-15-32)54-50(53-48)37-18-11-17-33(26-37)34-22-24-45-42(28-34)43-29-35(23-25-46(43)55-45)41-30-38-27-36-16-7-10-21-44(36)51-47(38)40-20-9-8-19-39(40)41;1-3-12-31(13-4-1)48-52-49(32-14-5-2-6-15-32)54-50(53-48)37-23-25-46-43(29-37)42-28-34(22-24-45(42)55-46)33-17-11-18-35(26-33)41-30-38-27-36-16-7-10-21-44(36)51-47(38)40-20-9-8-19-39(40)41/h2*1-30H. The molecule has 10 heteroatoms. The van der Waals surface area contributed by atoms with E-state index >= 15 is 0 Å². The first-order valence-electron chi connectivity index (χ1n) is 36.8. The van der Waals surface area contributed by atoms with Gasteiger partial charge in [-0.05, 0) is 158 Å². The van der Waals surface area contributed by atoms with E-state index in [0.717, 1.165) is 165 Å². The number of benzene rings is 16. The molecule has 110 heavy (non-hydrogen) atoms. The topological polar surface area (TPSA) is 129 Å². The SMILES string of the molecule is c1ccc(-c2nc(-c3ccccc3)nc(-c3ccc4oc5ccc(-c6cccc(-c7cc8cc9ccccc9nc8c8ccccc78)c6)cc5c4c3)n2)cc1.c1ccc(-c2nc(-c3ccccc3)nc(-c3cccc(-c4ccc5oc6ccc(-c7cc8cc9ccccc9nc8c8ccccc78)cc6c5c4)c3)n2)cc1. The van der Waals surface area contributed by atoms with Gasteiger partial charge in [-0.15, -0.1) is 0 Å². The minimum Gasteiger partial charge on any atom is -0.456 e. The van der Waals surface area contributed by atoms with Crippen LogP contribution in [0.4, 0.5) is 0 Å². The largest absolute Gasteiger partial charge is 0.456 e. The lowest BCUT2D eigenvalue weighted by Crippen LogP contribution is -2.00. The van der Waals surface area contributed by atoms with Crippen molar-refractivity contribution >= 4 is 109 Å². The molecule has 512 valence electrons. The molecular formula is C100H60N8O2. The molecule has 10 nitrogen and oxygen atoms in total. The van der Waals surface area contributed by atoms with Crippen molar-refractivity contribution in [3.8, 4) is 113 Å². The van der Waals surface area contributed by atoms with E-state index in [9.17, 15) is 0 Å². The molecule has 0 radical (unpaired) electrons. The lowest BCUT2D eigenvalue weighted by molar-refractivity contribution is 0.668. The second-order valence-corrected chi connectivity index (χ2v) is 27.7. The van der Waals surface area contributed by atoms with Gasteiger partial charge in [0.2, 0.25) is 0 Å². The highest BCUT2D eigenvalue weighted by Gasteiger charge is 2.21. The molecule has 22 rings (SSSR count). The molecule has 0 saturated heterocycles. The van der Waals surface area contributed by atoms with Gasteiger partial charge < -0.3 is 8.83 Å². The van der Waals surface area contributed by atoms with Crippen molar-refractivity contribution in [3.05, 3.63) is 364 Å². The first-order chi connectivity index (χ1) is 54.4. The molecule has 0 aliphatic rings. The third-order valence-electron chi connectivity index (χ3n) is 20.9. The number of furan rings is 2. The van der Waals surface area contributed by atoms with Crippen molar-refractivity contribution in [2.45, 2.75) is 0 Å². The molecule has 0 amide bonds. The van der Waals surface area contributed by atoms with Gasteiger partial charge in [-0.3, -0.25) is 0 Å². The zero-order valence-electron chi connectivity index (χ0n) is 59.0. The molecule has 0 aliphatic heterocycles. The summed E-state index contributed by atoms with van der Waals surface area (Å²) in [5.41, 5.74) is 22.0. The Balaban J connectivity index is 0.000000140. The van der Waals surface area contributed by atoms with Crippen LogP contribution < -0.4 is 0 Å². The summed E-state index contributed by atoms with van der Waals surface area (Å²) >= 11 is 0. The first kappa shape index (κ1) is 63.5. The molecule has 0 spiro atoms. The van der Waals surface area contributed by atoms with Crippen molar-refractivity contribution in [2.75, 3.05) is 0 Å². The van der Waals surface area contributed by atoms with Gasteiger partial charge >= 0.3 is 0 Å². The maximum absolute atomic E-state index is 6.41. The van der Waals surface area contributed by atoms with E-state index in [4.69, 9.17) is 48.7 Å². The van der Waals surface area contributed by atoms with Crippen LogP contribution in [-0.2, 0) is 0 Å². The van der Waals surface area contributed by atoms with Crippen LogP contribution in [0.1, 0.15) is 0 Å². The molecule has 6 aromatic heterocycles. The Morgan fingerprint density at radius 1 is 0.155 bits per heavy atom. The highest BCUT2D eigenvalue weighted by molar-refractivity contribution is 6.17. The number of para-hydroxylation sites is 2. The van der Waals surface area contributed by atoms with Gasteiger partial charge in [0.15, 0.2) is 34.9 Å².